The van der Waals surface area contributed by atoms with Crippen LogP contribution < -0.4 is 19.5 Å². The van der Waals surface area contributed by atoms with Crippen molar-refractivity contribution in [1.82, 2.24) is 29.7 Å². The number of nitrogens with zero attached hydrogens (tertiary/aromatic N) is 6. The molecule has 0 atom stereocenters. The lowest BCUT2D eigenvalue weighted by molar-refractivity contribution is -0.130. The van der Waals surface area contributed by atoms with Crippen LogP contribution in [0.5, 0.6) is 17.4 Å². The lowest BCUT2D eigenvalue weighted by Gasteiger charge is -2.34. The number of carbonyl (C=O) groups excluding carboxylic acids is 1. The van der Waals surface area contributed by atoms with E-state index in [0.717, 1.165) is 32.7 Å². The lowest BCUT2D eigenvalue weighted by Crippen LogP contribution is -2.48. The third-order valence-electron chi connectivity index (χ3n) is 5.68. The average molecular weight is 516 g/mol. The lowest BCUT2D eigenvalue weighted by atomic mass is 10.2. The number of hydrogen-bond donors (Lipinski definition) is 1. The van der Waals surface area contributed by atoms with Gasteiger partial charge >= 0.3 is 0 Å². The maximum absolute atomic E-state index is 11.5. The fourth-order valence-electron chi connectivity index (χ4n) is 3.88. The summed E-state index contributed by atoms with van der Waals surface area (Å²) in [6.07, 6.45) is 2.80. The van der Waals surface area contributed by atoms with E-state index in [-0.39, 0.29) is 17.2 Å². The second-order valence-corrected chi connectivity index (χ2v) is 8.94. The predicted octanol–water partition coefficient (Wildman–Crippen LogP) is 3.16. The number of hydrogen-bond acceptors (Lipinski definition) is 10. The fraction of sp³-hybridized carbons (Fsp3) is 0.458. The quantitative estimate of drug-likeness (QED) is 0.455. The summed E-state index contributed by atoms with van der Waals surface area (Å²) in [5.74, 6) is 2.42. The van der Waals surface area contributed by atoms with Crippen LogP contribution in [0.4, 0.5) is 11.6 Å². The van der Waals surface area contributed by atoms with Crippen LogP contribution in [-0.4, -0.2) is 88.2 Å². The van der Waals surface area contributed by atoms with Crippen LogP contribution in [0.15, 0.2) is 24.7 Å². The minimum Gasteiger partial charge on any atom is -0.492 e. The number of nitrogens with one attached hydrogen (secondary N) is 1. The van der Waals surface area contributed by atoms with Crippen molar-refractivity contribution in [1.29, 1.82) is 0 Å². The zero-order valence-corrected chi connectivity index (χ0v) is 21.6. The molecule has 1 saturated heterocycles. The van der Waals surface area contributed by atoms with Gasteiger partial charge in [0, 0.05) is 51.8 Å². The van der Waals surface area contributed by atoms with Crippen molar-refractivity contribution in [3.05, 3.63) is 29.8 Å². The molecule has 0 radical (unpaired) electrons. The summed E-state index contributed by atoms with van der Waals surface area (Å²) in [7, 11) is 1.50. The van der Waals surface area contributed by atoms with Crippen LogP contribution in [0.2, 0.25) is 5.15 Å². The molecule has 0 aliphatic carbocycles. The van der Waals surface area contributed by atoms with Crippen LogP contribution in [0.3, 0.4) is 0 Å². The molecule has 1 amide bonds. The van der Waals surface area contributed by atoms with Gasteiger partial charge in [0.1, 0.15) is 30.3 Å². The molecular formula is C24H30ClN7O4. The van der Waals surface area contributed by atoms with E-state index in [1.807, 2.05) is 30.9 Å². The van der Waals surface area contributed by atoms with Gasteiger partial charge in [-0.15, -0.1) is 0 Å². The molecule has 2 aromatic heterocycles. The van der Waals surface area contributed by atoms with Crippen LogP contribution in [0.1, 0.15) is 20.8 Å². The van der Waals surface area contributed by atoms with Crippen LogP contribution >= 0.6 is 11.6 Å². The van der Waals surface area contributed by atoms with Crippen molar-refractivity contribution in [3.63, 3.8) is 0 Å². The molecule has 36 heavy (non-hydrogen) atoms. The second kappa shape index (κ2) is 11.5. The van der Waals surface area contributed by atoms with Gasteiger partial charge in [-0.05, 0) is 13.8 Å². The number of halogens is 1. The van der Waals surface area contributed by atoms with Gasteiger partial charge in [-0.1, -0.05) is 11.6 Å². The Morgan fingerprint density at radius 1 is 1.14 bits per heavy atom. The summed E-state index contributed by atoms with van der Waals surface area (Å²) in [5, 5.41) is 3.97. The molecule has 12 heteroatoms. The number of amides is 1. The molecule has 1 aromatic carbocycles. The summed E-state index contributed by atoms with van der Waals surface area (Å²) in [6.45, 7) is 9.91. The van der Waals surface area contributed by atoms with Gasteiger partial charge in [-0.3, -0.25) is 9.69 Å². The van der Waals surface area contributed by atoms with E-state index in [9.17, 15) is 4.79 Å². The number of anilines is 2. The molecule has 1 aliphatic heterocycles. The minimum atomic E-state index is -0.0886. The van der Waals surface area contributed by atoms with Gasteiger partial charge in [0.2, 0.25) is 11.8 Å². The molecule has 0 unspecified atom stereocenters. The van der Waals surface area contributed by atoms with Crippen LogP contribution in [0, 0.1) is 0 Å². The van der Waals surface area contributed by atoms with E-state index in [1.165, 1.54) is 19.6 Å². The molecule has 1 N–H and O–H groups in total. The number of carbonyl (C=O) groups is 1. The number of ether oxygens (including phenoxy) is 3. The van der Waals surface area contributed by atoms with E-state index in [4.69, 9.17) is 25.8 Å². The molecule has 0 spiro atoms. The fourth-order valence-corrected chi connectivity index (χ4v) is 4.02. The maximum atomic E-state index is 11.5. The Hall–Kier alpha value is -3.44. The van der Waals surface area contributed by atoms with Crippen molar-refractivity contribution in [2.75, 3.05) is 51.8 Å². The van der Waals surface area contributed by atoms with Gasteiger partial charge in [-0.2, -0.15) is 4.98 Å². The number of methoxy groups -OCH3 is 1. The molecule has 0 saturated carbocycles. The highest BCUT2D eigenvalue weighted by Crippen LogP contribution is 2.36. The smallest absolute Gasteiger partial charge is 0.234 e. The molecule has 192 valence electrons. The molecule has 0 bridgehead atoms. The molecule has 11 nitrogen and oxygen atoms in total. The molecular weight excluding hydrogens is 486 g/mol. The summed E-state index contributed by atoms with van der Waals surface area (Å²) < 4.78 is 17.3. The van der Waals surface area contributed by atoms with Gasteiger partial charge in [0.25, 0.3) is 0 Å². The number of aromatic nitrogens is 4. The van der Waals surface area contributed by atoms with Crippen molar-refractivity contribution < 1.29 is 19.0 Å². The number of rotatable bonds is 9. The van der Waals surface area contributed by atoms with Crippen LogP contribution in [-0.2, 0) is 4.79 Å². The van der Waals surface area contributed by atoms with Gasteiger partial charge in [0.05, 0.1) is 30.3 Å². The summed E-state index contributed by atoms with van der Waals surface area (Å²) in [4.78, 5) is 32.9. The summed E-state index contributed by atoms with van der Waals surface area (Å²) in [6, 6.07) is 3.69. The van der Waals surface area contributed by atoms with Crippen molar-refractivity contribution in [3.8, 4) is 17.4 Å². The summed E-state index contributed by atoms with van der Waals surface area (Å²) in [5.41, 5.74) is 0.641. The molecule has 1 fully saturated rings. The largest absolute Gasteiger partial charge is 0.492 e. The standard InChI is InChI=1S/C24H30ClN7O4/c1-15(2)36-19-12-17(35-10-9-31-5-7-32(8-6-31)16(3)33)11-18-21(19)23(28-14-27-18)30-24-22(25)26-13-20(29-24)34-4/h11-15H,5-10H2,1-4H3,(H,27,28,29,30). The van der Waals surface area contributed by atoms with Crippen molar-refractivity contribution in [2.45, 2.75) is 26.9 Å². The Labute approximate surface area is 214 Å². The summed E-state index contributed by atoms with van der Waals surface area (Å²) >= 11 is 6.24. The van der Waals surface area contributed by atoms with Crippen molar-refractivity contribution in [2.24, 2.45) is 0 Å². The third kappa shape index (κ3) is 6.21. The van der Waals surface area contributed by atoms with Gasteiger partial charge in [-0.25, -0.2) is 15.0 Å². The van der Waals surface area contributed by atoms with E-state index < -0.39 is 0 Å². The van der Waals surface area contributed by atoms with E-state index in [2.05, 4.69) is 30.2 Å². The highest BCUT2D eigenvalue weighted by atomic mass is 35.5. The maximum Gasteiger partial charge on any atom is 0.234 e. The Morgan fingerprint density at radius 3 is 2.61 bits per heavy atom. The first-order valence-corrected chi connectivity index (χ1v) is 12.1. The van der Waals surface area contributed by atoms with Crippen LogP contribution in [0.25, 0.3) is 10.9 Å². The highest BCUT2D eigenvalue weighted by Gasteiger charge is 2.19. The predicted molar refractivity (Wildman–Crippen MR) is 136 cm³/mol. The number of benzene rings is 1. The van der Waals surface area contributed by atoms with Gasteiger partial charge in [0.15, 0.2) is 11.0 Å². The Morgan fingerprint density at radius 2 is 1.92 bits per heavy atom. The number of fused-ring (bicyclic) bond motifs is 1. The molecule has 1 aliphatic rings. The van der Waals surface area contributed by atoms with Gasteiger partial charge < -0.3 is 24.4 Å². The Kier molecular flexibility index (Phi) is 8.21. The Bertz CT molecular complexity index is 1220. The minimum absolute atomic E-state index is 0.0886. The first-order valence-electron chi connectivity index (χ1n) is 11.7. The highest BCUT2D eigenvalue weighted by molar-refractivity contribution is 6.31. The average Bonchev–Trinajstić information content (AvgIpc) is 2.85. The third-order valence-corrected chi connectivity index (χ3v) is 5.96. The SMILES string of the molecule is COc1cnc(Cl)c(Nc2ncnc3cc(OCCN4CCN(C(C)=O)CC4)cc(OC(C)C)c23)n1. The first kappa shape index (κ1) is 25.6. The molecule has 3 aromatic rings. The molecule has 4 rings (SSSR count). The van der Waals surface area contributed by atoms with Crippen molar-refractivity contribution >= 4 is 40.0 Å². The topological polar surface area (TPSA) is 115 Å². The monoisotopic (exact) mass is 515 g/mol. The number of piperazine rings is 1. The normalized spacial score (nSPS) is 14.2. The first-order chi connectivity index (χ1) is 17.3. The second-order valence-electron chi connectivity index (χ2n) is 8.58. The van der Waals surface area contributed by atoms with E-state index in [0.29, 0.717) is 46.5 Å². The zero-order valence-electron chi connectivity index (χ0n) is 20.8. The zero-order chi connectivity index (χ0) is 25.7. The Balaban J connectivity index is 1.54. The van der Waals surface area contributed by atoms with E-state index in [1.54, 1.807) is 6.92 Å². The molecule has 3 heterocycles. The van der Waals surface area contributed by atoms with E-state index >= 15 is 0 Å².